The first-order valence-corrected chi connectivity index (χ1v) is 7.39. The van der Waals surface area contributed by atoms with Crippen LogP contribution < -0.4 is 4.74 Å². The van der Waals surface area contributed by atoms with Gasteiger partial charge >= 0.3 is 5.97 Å². The van der Waals surface area contributed by atoms with Crippen LogP contribution in [0, 0.1) is 27.7 Å². The number of aliphatic carboxylic acids is 1. The number of ether oxygens (including phenoxy) is 1. The van der Waals surface area contributed by atoms with E-state index in [4.69, 9.17) is 4.74 Å². The zero-order valence-electron chi connectivity index (χ0n) is 13.5. The van der Waals surface area contributed by atoms with E-state index in [0.717, 1.165) is 27.8 Å². The first kappa shape index (κ1) is 16.1. The van der Waals surface area contributed by atoms with E-state index >= 15 is 0 Å². The topological polar surface area (TPSA) is 46.5 Å². The van der Waals surface area contributed by atoms with E-state index < -0.39 is 12.1 Å². The summed E-state index contributed by atoms with van der Waals surface area (Å²) in [6.07, 6.45) is -0.537. The van der Waals surface area contributed by atoms with Gasteiger partial charge in [-0.25, -0.2) is 4.79 Å². The average molecular weight is 298 g/mol. The second-order valence-electron chi connectivity index (χ2n) is 5.84. The molecule has 0 radical (unpaired) electrons. The van der Waals surface area contributed by atoms with Gasteiger partial charge in [-0.15, -0.1) is 0 Å². The van der Waals surface area contributed by atoms with Crippen molar-refractivity contribution in [3.05, 3.63) is 64.2 Å². The van der Waals surface area contributed by atoms with Crippen LogP contribution in [-0.4, -0.2) is 17.2 Å². The highest BCUT2D eigenvalue weighted by atomic mass is 16.5. The number of benzene rings is 2. The summed E-state index contributed by atoms with van der Waals surface area (Å²) in [5, 5.41) is 9.47. The fourth-order valence-corrected chi connectivity index (χ4v) is 2.51. The SMILES string of the molecule is Cc1cccc(C[C@@H](Oc2cc(C)cc(C)c2C)C(=O)O)c1. The summed E-state index contributed by atoms with van der Waals surface area (Å²) in [7, 11) is 0. The van der Waals surface area contributed by atoms with Crippen LogP contribution in [-0.2, 0) is 11.2 Å². The molecule has 0 heterocycles. The van der Waals surface area contributed by atoms with Gasteiger partial charge in [-0.1, -0.05) is 35.9 Å². The van der Waals surface area contributed by atoms with Gasteiger partial charge in [0.05, 0.1) is 0 Å². The molecule has 3 heteroatoms. The summed E-state index contributed by atoms with van der Waals surface area (Å²) in [6.45, 7) is 7.94. The molecule has 0 saturated heterocycles. The summed E-state index contributed by atoms with van der Waals surface area (Å²) in [6, 6.07) is 11.8. The zero-order valence-corrected chi connectivity index (χ0v) is 13.5. The number of rotatable bonds is 5. The number of aryl methyl sites for hydroxylation is 3. The van der Waals surface area contributed by atoms with Crippen molar-refractivity contribution in [1.82, 2.24) is 0 Å². The van der Waals surface area contributed by atoms with Crippen molar-refractivity contribution in [2.24, 2.45) is 0 Å². The summed E-state index contributed by atoms with van der Waals surface area (Å²) in [4.78, 5) is 11.5. The van der Waals surface area contributed by atoms with Gasteiger partial charge in [0.15, 0.2) is 6.10 Å². The van der Waals surface area contributed by atoms with E-state index in [0.29, 0.717) is 12.2 Å². The molecular weight excluding hydrogens is 276 g/mol. The monoisotopic (exact) mass is 298 g/mol. The minimum absolute atomic E-state index is 0.351. The van der Waals surface area contributed by atoms with Crippen molar-refractivity contribution in [1.29, 1.82) is 0 Å². The first-order chi connectivity index (χ1) is 10.4. The summed E-state index contributed by atoms with van der Waals surface area (Å²) >= 11 is 0. The Bertz CT molecular complexity index is 689. The molecule has 0 aliphatic carbocycles. The maximum Gasteiger partial charge on any atom is 0.345 e. The lowest BCUT2D eigenvalue weighted by Gasteiger charge is -2.18. The molecule has 2 rings (SSSR count). The van der Waals surface area contributed by atoms with Crippen molar-refractivity contribution in [2.75, 3.05) is 0 Å². The quantitative estimate of drug-likeness (QED) is 0.907. The fraction of sp³-hybridized carbons (Fsp3) is 0.316. The number of hydrogen-bond acceptors (Lipinski definition) is 2. The molecule has 3 nitrogen and oxygen atoms in total. The molecule has 1 N–H and O–H groups in total. The Morgan fingerprint density at radius 3 is 2.45 bits per heavy atom. The third-order valence-electron chi connectivity index (χ3n) is 3.81. The standard InChI is InChI=1S/C19H22O3/c1-12-6-5-7-16(9-12)11-18(19(20)21)22-17-10-13(2)8-14(3)15(17)4/h5-10,18H,11H2,1-4H3,(H,20,21)/t18-/m1/s1. The summed E-state index contributed by atoms with van der Waals surface area (Å²) in [5.74, 6) is -0.294. The predicted molar refractivity (Wildman–Crippen MR) is 87.6 cm³/mol. The number of carboxylic acid groups (broad SMARTS) is 1. The highest BCUT2D eigenvalue weighted by Crippen LogP contribution is 2.25. The second-order valence-corrected chi connectivity index (χ2v) is 5.84. The Balaban J connectivity index is 2.25. The van der Waals surface area contributed by atoms with E-state index in [9.17, 15) is 9.90 Å². The predicted octanol–water partition coefficient (Wildman–Crippen LogP) is 3.99. The van der Waals surface area contributed by atoms with Crippen LogP contribution in [0.4, 0.5) is 0 Å². The number of carboxylic acids is 1. The molecule has 0 bridgehead atoms. The molecule has 2 aromatic carbocycles. The van der Waals surface area contributed by atoms with Gasteiger partial charge in [-0.3, -0.25) is 0 Å². The van der Waals surface area contributed by atoms with Gasteiger partial charge in [0.1, 0.15) is 5.75 Å². The van der Waals surface area contributed by atoms with E-state index in [1.165, 1.54) is 0 Å². The van der Waals surface area contributed by atoms with Crippen molar-refractivity contribution in [3.63, 3.8) is 0 Å². The lowest BCUT2D eigenvalue weighted by atomic mass is 10.0. The minimum Gasteiger partial charge on any atom is -0.478 e. The molecule has 0 fully saturated rings. The van der Waals surface area contributed by atoms with Crippen LogP contribution in [0.3, 0.4) is 0 Å². The third kappa shape index (κ3) is 3.88. The number of hydrogen-bond donors (Lipinski definition) is 1. The molecule has 0 aliphatic heterocycles. The molecule has 0 amide bonds. The van der Waals surface area contributed by atoms with Crippen LogP contribution in [0.1, 0.15) is 27.8 Å². The van der Waals surface area contributed by atoms with E-state index in [1.54, 1.807) is 0 Å². The maximum atomic E-state index is 11.5. The molecule has 0 aromatic heterocycles. The molecule has 0 spiro atoms. The Labute approximate surface area is 131 Å². The average Bonchev–Trinajstić information content (AvgIpc) is 2.43. The van der Waals surface area contributed by atoms with Gasteiger partial charge in [-0.2, -0.15) is 0 Å². The molecule has 0 unspecified atom stereocenters. The summed E-state index contributed by atoms with van der Waals surface area (Å²) < 4.78 is 5.81. The molecular formula is C19H22O3. The third-order valence-corrected chi connectivity index (χ3v) is 3.81. The lowest BCUT2D eigenvalue weighted by molar-refractivity contribution is -0.145. The van der Waals surface area contributed by atoms with Crippen LogP contribution in [0.15, 0.2) is 36.4 Å². The molecule has 1 atom stereocenters. The smallest absolute Gasteiger partial charge is 0.345 e. The highest BCUT2D eigenvalue weighted by molar-refractivity contribution is 5.73. The van der Waals surface area contributed by atoms with E-state index in [2.05, 4.69) is 6.07 Å². The largest absolute Gasteiger partial charge is 0.478 e. The molecule has 0 aliphatic rings. The lowest BCUT2D eigenvalue weighted by Crippen LogP contribution is -2.29. The fourth-order valence-electron chi connectivity index (χ4n) is 2.51. The summed E-state index contributed by atoms with van der Waals surface area (Å²) in [5.41, 5.74) is 5.24. The number of carbonyl (C=O) groups is 1. The second kappa shape index (κ2) is 6.65. The van der Waals surface area contributed by atoms with Crippen LogP contribution in [0.2, 0.25) is 0 Å². The highest BCUT2D eigenvalue weighted by Gasteiger charge is 2.21. The Hall–Kier alpha value is -2.29. The van der Waals surface area contributed by atoms with E-state index in [-0.39, 0.29) is 0 Å². The van der Waals surface area contributed by atoms with Gasteiger partial charge in [0.2, 0.25) is 0 Å². The minimum atomic E-state index is -0.944. The van der Waals surface area contributed by atoms with Crippen LogP contribution in [0.5, 0.6) is 5.75 Å². The maximum absolute atomic E-state index is 11.5. The molecule has 2 aromatic rings. The van der Waals surface area contributed by atoms with Crippen molar-refractivity contribution in [3.8, 4) is 5.75 Å². The van der Waals surface area contributed by atoms with Crippen LogP contribution >= 0.6 is 0 Å². The van der Waals surface area contributed by atoms with Crippen molar-refractivity contribution < 1.29 is 14.6 Å². The van der Waals surface area contributed by atoms with Gasteiger partial charge in [0.25, 0.3) is 0 Å². The van der Waals surface area contributed by atoms with Crippen molar-refractivity contribution in [2.45, 2.75) is 40.2 Å². The Kier molecular flexibility index (Phi) is 4.86. The van der Waals surface area contributed by atoms with Gasteiger partial charge in [0, 0.05) is 6.42 Å². The zero-order chi connectivity index (χ0) is 16.3. The Morgan fingerprint density at radius 2 is 1.82 bits per heavy atom. The molecule has 116 valence electrons. The van der Waals surface area contributed by atoms with E-state index in [1.807, 2.05) is 58.0 Å². The van der Waals surface area contributed by atoms with Crippen LogP contribution in [0.25, 0.3) is 0 Å². The first-order valence-electron chi connectivity index (χ1n) is 7.39. The van der Waals surface area contributed by atoms with Crippen molar-refractivity contribution >= 4 is 5.97 Å². The normalized spacial score (nSPS) is 12.0. The van der Waals surface area contributed by atoms with Gasteiger partial charge in [-0.05, 0) is 56.0 Å². The molecule has 0 saturated carbocycles. The van der Waals surface area contributed by atoms with Gasteiger partial charge < -0.3 is 9.84 Å². The Morgan fingerprint density at radius 1 is 1.09 bits per heavy atom. The molecule has 22 heavy (non-hydrogen) atoms.